The van der Waals surface area contributed by atoms with Crippen LogP contribution in [0.2, 0.25) is 0 Å². The molecule has 0 unspecified atom stereocenters. The zero-order valence-electron chi connectivity index (χ0n) is 41.0. The Kier molecular flexibility index (Phi) is 28.9. The molecule has 2 aliphatic rings. The lowest BCUT2D eigenvalue weighted by Gasteiger charge is -2.46. The standard InChI is InChI=1S/C45H81N7O17/c1-7-8-9-10-11-12-13-14-15-18-21-47-33(56)24-66-45-35(51-29(6)55)39(37(58)32(69-45)23-65-44-34(50-28(5)54)38(59)36(57)31(22-53)68-44)67-27(4)41(61)48-25(2)40(60)52-30(19-16-17-20-46)42(62)49-26(3)43(63)64/h25-27,30-32,34-39,44-45,53,57-59H,7-24,46H2,1-6H3,(H,47,56)(H,48,61)(H,49,62)(H,50,54)(H,51,55)(H,52,60)(H,63,64)/t25-,26-,27+,30-,31+,32+,34+,35+,36+,37+,38+,39+,44+,45-/m0/s1. The third-order valence-corrected chi connectivity index (χ3v) is 11.7. The first-order valence-corrected chi connectivity index (χ1v) is 24.3. The van der Waals surface area contributed by atoms with Crippen molar-refractivity contribution >= 4 is 41.4 Å². The Hall–Kier alpha value is -4.11. The number of aliphatic hydroxyl groups excluding tert-OH is 4. The molecule has 398 valence electrons. The van der Waals surface area contributed by atoms with Crippen LogP contribution in [0.15, 0.2) is 0 Å². The van der Waals surface area contributed by atoms with E-state index >= 15 is 0 Å². The third-order valence-electron chi connectivity index (χ3n) is 11.7. The summed E-state index contributed by atoms with van der Waals surface area (Å²) in [6.07, 6.45) is -1.76. The largest absolute Gasteiger partial charge is 0.480 e. The van der Waals surface area contributed by atoms with Gasteiger partial charge in [-0.1, -0.05) is 64.7 Å². The van der Waals surface area contributed by atoms with Crippen LogP contribution >= 0.6 is 0 Å². The number of carboxylic acids is 1. The number of carbonyl (C=O) groups is 7. The van der Waals surface area contributed by atoms with Gasteiger partial charge in [-0.25, -0.2) is 0 Å². The lowest BCUT2D eigenvalue weighted by Crippen LogP contribution is -2.67. The fourth-order valence-electron chi connectivity index (χ4n) is 7.73. The summed E-state index contributed by atoms with van der Waals surface area (Å²) in [5.41, 5.74) is 5.58. The van der Waals surface area contributed by atoms with Gasteiger partial charge in [0.25, 0.3) is 0 Å². The highest BCUT2D eigenvalue weighted by atomic mass is 16.7. The molecule has 0 radical (unpaired) electrons. The van der Waals surface area contributed by atoms with Gasteiger partial charge in [0.2, 0.25) is 35.4 Å². The lowest BCUT2D eigenvalue weighted by molar-refractivity contribution is -0.307. The van der Waals surface area contributed by atoms with E-state index in [1.165, 1.54) is 59.3 Å². The molecule has 0 saturated carbocycles. The predicted molar refractivity (Wildman–Crippen MR) is 246 cm³/mol. The summed E-state index contributed by atoms with van der Waals surface area (Å²) >= 11 is 0. The number of hydrogen-bond acceptors (Lipinski definition) is 17. The van der Waals surface area contributed by atoms with E-state index in [-0.39, 0.29) is 6.42 Å². The summed E-state index contributed by atoms with van der Waals surface area (Å²) in [4.78, 5) is 88.9. The Labute approximate surface area is 404 Å². The van der Waals surface area contributed by atoms with Gasteiger partial charge in [0.1, 0.15) is 79.5 Å². The predicted octanol–water partition coefficient (Wildman–Crippen LogP) is -1.93. The van der Waals surface area contributed by atoms with Crippen LogP contribution in [-0.4, -0.2) is 185 Å². The van der Waals surface area contributed by atoms with Crippen LogP contribution in [-0.2, 0) is 57.2 Å². The van der Waals surface area contributed by atoms with Crippen LogP contribution in [0.1, 0.15) is 125 Å². The van der Waals surface area contributed by atoms with Gasteiger partial charge in [-0.15, -0.1) is 0 Å². The first-order valence-electron chi connectivity index (χ1n) is 24.3. The minimum atomic E-state index is -1.75. The van der Waals surface area contributed by atoms with E-state index in [1.807, 2.05) is 0 Å². The van der Waals surface area contributed by atoms with E-state index in [1.54, 1.807) is 0 Å². The van der Waals surface area contributed by atoms with Crippen molar-refractivity contribution in [1.82, 2.24) is 31.9 Å². The minimum absolute atomic E-state index is 0.119. The molecule has 0 bridgehead atoms. The number of aliphatic carboxylic acids is 1. The number of unbranched alkanes of at least 4 members (excludes halogenated alkanes) is 10. The van der Waals surface area contributed by atoms with Crippen molar-refractivity contribution in [3.05, 3.63) is 0 Å². The Bertz CT molecular complexity index is 1600. The molecule has 6 amide bonds. The SMILES string of the molecule is CCCCCCCCCCCCNC(=O)CO[C@H]1O[C@H](CO[C@@H]2O[C@H](CO)[C@@H](O)[C@H](O)[C@H]2NC(C)=O)[C@@H](O)[C@H](O[C@H](C)C(=O)N[C@@H](C)C(=O)N[C@@H](CCCCN)C(=O)N[C@@H](C)C(=O)O)[C@H]1NC(C)=O. The molecule has 2 heterocycles. The first-order chi connectivity index (χ1) is 32.7. The lowest BCUT2D eigenvalue weighted by atomic mass is 9.95. The van der Waals surface area contributed by atoms with Crippen molar-refractivity contribution in [3.63, 3.8) is 0 Å². The Morgan fingerprint density at radius 1 is 0.652 bits per heavy atom. The molecule has 2 saturated heterocycles. The van der Waals surface area contributed by atoms with Crippen molar-refractivity contribution in [2.24, 2.45) is 5.73 Å². The monoisotopic (exact) mass is 992 g/mol. The van der Waals surface area contributed by atoms with Gasteiger partial charge in [-0.2, -0.15) is 0 Å². The maximum Gasteiger partial charge on any atom is 0.325 e. The summed E-state index contributed by atoms with van der Waals surface area (Å²) in [5, 5.41) is 67.3. The number of hydrogen-bond donors (Lipinski definition) is 12. The first kappa shape index (κ1) is 61.0. The average Bonchev–Trinajstić information content (AvgIpc) is 3.29. The summed E-state index contributed by atoms with van der Waals surface area (Å²) in [6.45, 7) is 7.15. The fraction of sp³-hybridized carbons (Fsp3) is 0.844. The second-order valence-electron chi connectivity index (χ2n) is 17.8. The molecule has 0 spiro atoms. The molecular weight excluding hydrogens is 911 g/mol. The van der Waals surface area contributed by atoms with Gasteiger partial charge in [0.05, 0.1) is 13.2 Å². The zero-order valence-corrected chi connectivity index (χ0v) is 41.0. The second kappa shape index (κ2) is 32.7. The number of nitrogens with one attached hydrogen (secondary N) is 6. The molecular formula is C45H81N7O17. The second-order valence-corrected chi connectivity index (χ2v) is 17.8. The Morgan fingerprint density at radius 2 is 1.22 bits per heavy atom. The number of nitrogens with two attached hydrogens (primary N) is 1. The highest BCUT2D eigenvalue weighted by Gasteiger charge is 2.50. The normalized spacial score (nSPS) is 26.4. The molecule has 2 aliphatic heterocycles. The van der Waals surface area contributed by atoms with Crippen LogP contribution in [0.3, 0.4) is 0 Å². The van der Waals surface area contributed by atoms with Gasteiger partial charge in [0, 0.05) is 20.4 Å². The third kappa shape index (κ3) is 21.8. The Balaban J connectivity index is 2.28. The van der Waals surface area contributed by atoms with Crippen molar-refractivity contribution in [2.75, 3.05) is 32.9 Å². The summed E-state index contributed by atoms with van der Waals surface area (Å²) < 4.78 is 29.6. The number of rotatable bonds is 33. The van der Waals surface area contributed by atoms with Crippen molar-refractivity contribution in [3.8, 4) is 0 Å². The molecule has 2 fully saturated rings. The molecule has 0 aromatic carbocycles. The minimum Gasteiger partial charge on any atom is -0.480 e. The van der Waals surface area contributed by atoms with E-state index in [4.69, 9.17) is 29.4 Å². The summed E-state index contributed by atoms with van der Waals surface area (Å²) in [5.74, 6) is -5.50. The highest BCUT2D eigenvalue weighted by molar-refractivity contribution is 5.93. The fourth-order valence-corrected chi connectivity index (χ4v) is 7.73. The molecule has 14 atom stereocenters. The number of ether oxygens (including phenoxy) is 5. The smallest absolute Gasteiger partial charge is 0.325 e. The number of aliphatic hydroxyl groups is 4. The zero-order chi connectivity index (χ0) is 51.6. The van der Waals surface area contributed by atoms with Gasteiger partial charge in [0.15, 0.2) is 12.6 Å². The van der Waals surface area contributed by atoms with Crippen molar-refractivity contribution in [2.45, 2.75) is 211 Å². The molecule has 0 aliphatic carbocycles. The van der Waals surface area contributed by atoms with Crippen LogP contribution in [0.25, 0.3) is 0 Å². The van der Waals surface area contributed by atoms with E-state index in [2.05, 4.69) is 38.8 Å². The average molecular weight is 992 g/mol. The summed E-state index contributed by atoms with van der Waals surface area (Å²) in [7, 11) is 0. The molecule has 24 heteroatoms. The molecule has 24 nitrogen and oxygen atoms in total. The van der Waals surface area contributed by atoms with Crippen LogP contribution in [0, 0.1) is 0 Å². The van der Waals surface area contributed by atoms with Gasteiger partial charge in [-0.3, -0.25) is 33.6 Å². The van der Waals surface area contributed by atoms with Gasteiger partial charge < -0.3 is 86.9 Å². The number of carbonyl (C=O) groups excluding carboxylic acids is 6. The van der Waals surface area contributed by atoms with E-state index in [0.29, 0.717) is 25.9 Å². The quantitative estimate of drug-likeness (QED) is 0.0319. The topological polar surface area (TPSA) is 365 Å². The van der Waals surface area contributed by atoms with Gasteiger partial charge >= 0.3 is 5.97 Å². The molecule has 69 heavy (non-hydrogen) atoms. The maximum absolute atomic E-state index is 13.6. The van der Waals surface area contributed by atoms with Crippen LogP contribution in [0.4, 0.5) is 0 Å². The number of amides is 6. The van der Waals surface area contributed by atoms with Crippen molar-refractivity contribution in [1.29, 1.82) is 0 Å². The van der Waals surface area contributed by atoms with E-state index < -0.39 is 147 Å². The van der Waals surface area contributed by atoms with Crippen molar-refractivity contribution < 1.29 is 82.8 Å². The highest BCUT2D eigenvalue weighted by Crippen LogP contribution is 2.28. The molecule has 2 rings (SSSR count). The van der Waals surface area contributed by atoms with Crippen LogP contribution < -0.4 is 37.6 Å². The van der Waals surface area contributed by atoms with Crippen LogP contribution in [0.5, 0.6) is 0 Å². The van der Waals surface area contributed by atoms with Gasteiger partial charge in [-0.05, 0) is 53.0 Å². The van der Waals surface area contributed by atoms with E-state index in [9.17, 15) is 59.1 Å². The molecule has 13 N–H and O–H groups in total. The Morgan fingerprint density at radius 3 is 1.80 bits per heavy atom. The number of carboxylic acid groups (broad SMARTS) is 1. The maximum atomic E-state index is 13.6. The summed E-state index contributed by atoms with van der Waals surface area (Å²) in [6, 6.07) is -6.44. The molecule has 0 aromatic heterocycles. The van der Waals surface area contributed by atoms with E-state index in [0.717, 1.165) is 39.5 Å². The molecule has 0 aromatic rings.